The molecule has 1 rings (SSSR count). The third-order valence-corrected chi connectivity index (χ3v) is 3.99. The number of aliphatic hydroxyl groups excluding tert-OH is 1. The molecule has 124 valence electrons. The SMILES string of the molecule is CN=C(C)/C(=C\C(C)O)C(=O)NCC1CCN(C(C)=O)CC1. The highest BCUT2D eigenvalue weighted by Crippen LogP contribution is 2.16. The predicted molar refractivity (Wildman–Crippen MR) is 86.8 cm³/mol. The number of aliphatic hydroxyl groups is 1. The minimum Gasteiger partial charge on any atom is -0.389 e. The standard InChI is InChI=1S/C16H27N3O3/c1-11(20)9-15(12(2)17-4)16(22)18-10-14-5-7-19(8-6-14)13(3)21/h9,11,14,20H,5-8,10H2,1-4H3,(H,18,22)/b15-9+,17-12?. The van der Waals surface area contributed by atoms with Crippen LogP contribution in [0.4, 0.5) is 0 Å². The second-order valence-electron chi connectivity index (χ2n) is 5.79. The van der Waals surface area contributed by atoms with Crippen molar-refractivity contribution in [3.63, 3.8) is 0 Å². The van der Waals surface area contributed by atoms with Gasteiger partial charge in [0.05, 0.1) is 11.7 Å². The topological polar surface area (TPSA) is 82.0 Å². The van der Waals surface area contributed by atoms with Crippen LogP contribution in [-0.2, 0) is 9.59 Å². The Labute approximate surface area is 132 Å². The van der Waals surface area contributed by atoms with Crippen molar-refractivity contribution in [1.82, 2.24) is 10.2 Å². The molecule has 1 aliphatic heterocycles. The zero-order valence-electron chi connectivity index (χ0n) is 13.9. The number of piperidine rings is 1. The lowest BCUT2D eigenvalue weighted by Crippen LogP contribution is -2.41. The van der Waals surface area contributed by atoms with Gasteiger partial charge < -0.3 is 15.3 Å². The minimum absolute atomic E-state index is 0.111. The molecule has 2 N–H and O–H groups in total. The summed E-state index contributed by atoms with van der Waals surface area (Å²) in [7, 11) is 1.62. The van der Waals surface area contributed by atoms with Crippen LogP contribution in [0.15, 0.2) is 16.6 Å². The zero-order chi connectivity index (χ0) is 16.7. The van der Waals surface area contributed by atoms with Crippen LogP contribution in [0.5, 0.6) is 0 Å². The van der Waals surface area contributed by atoms with Crippen molar-refractivity contribution in [2.45, 2.75) is 39.7 Å². The molecule has 1 unspecified atom stereocenters. The van der Waals surface area contributed by atoms with Crippen LogP contribution in [0.25, 0.3) is 0 Å². The molecule has 22 heavy (non-hydrogen) atoms. The molecular formula is C16H27N3O3. The molecule has 0 aromatic carbocycles. The van der Waals surface area contributed by atoms with Gasteiger partial charge in [0.15, 0.2) is 0 Å². The molecule has 1 heterocycles. The smallest absolute Gasteiger partial charge is 0.252 e. The van der Waals surface area contributed by atoms with Crippen molar-refractivity contribution < 1.29 is 14.7 Å². The van der Waals surface area contributed by atoms with Crippen LogP contribution < -0.4 is 5.32 Å². The van der Waals surface area contributed by atoms with Gasteiger partial charge in [-0.2, -0.15) is 0 Å². The molecule has 6 nitrogen and oxygen atoms in total. The molecule has 0 spiro atoms. The summed E-state index contributed by atoms with van der Waals surface area (Å²) in [5.41, 5.74) is 1.02. The monoisotopic (exact) mass is 309 g/mol. The maximum atomic E-state index is 12.3. The van der Waals surface area contributed by atoms with Gasteiger partial charge in [0.25, 0.3) is 5.91 Å². The van der Waals surface area contributed by atoms with E-state index in [0.717, 1.165) is 25.9 Å². The van der Waals surface area contributed by atoms with Crippen molar-refractivity contribution in [2.75, 3.05) is 26.7 Å². The van der Waals surface area contributed by atoms with Crippen molar-refractivity contribution in [3.05, 3.63) is 11.6 Å². The van der Waals surface area contributed by atoms with E-state index in [4.69, 9.17) is 0 Å². The van der Waals surface area contributed by atoms with E-state index in [-0.39, 0.29) is 11.8 Å². The molecule has 1 fully saturated rings. The Kier molecular flexibility index (Phi) is 7.24. The van der Waals surface area contributed by atoms with Gasteiger partial charge in [-0.1, -0.05) is 0 Å². The predicted octanol–water partition coefficient (Wildman–Crippen LogP) is 0.759. The van der Waals surface area contributed by atoms with E-state index < -0.39 is 6.10 Å². The van der Waals surface area contributed by atoms with E-state index in [1.807, 2.05) is 4.90 Å². The van der Waals surface area contributed by atoms with Crippen molar-refractivity contribution >= 4 is 17.5 Å². The van der Waals surface area contributed by atoms with Crippen LogP contribution in [0.2, 0.25) is 0 Å². The Morgan fingerprint density at radius 3 is 2.41 bits per heavy atom. The van der Waals surface area contributed by atoms with Gasteiger partial charge in [0, 0.05) is 39.3 Å². The Balaban J connectivity index is 2.53. The van der Waals surface area contributed by atoms with Crippen molar-refractivity contribution in [1.29, 1.82) is 0 Å². The maximum absolute atomic E-state index is 12.3. The Morgan fingerprint density at radius 1 is 1.36 bits per heavy atom. The second-order valence-corrected chi connectivity index (χ2v) is 5.79. The van der Waals surface area contributed by atoms with Crippen LogP contribution >= 0.6 is 0 Å². The first-order valence-electron chi connectivity index (χ1n) is 7.72. The van der Waals surface area contributed by atoms with Crippen LogP contribution in [0, 0.1) is 5.92 Å². The quantitative estimate of drug-likeness (QED) is 0.581. The normalized spacial score (nSPS) is 19.0. The third kappa shape index (κ3) is 5.60. The lowest BCUT2D eigenvalue weighted by Gasteiger charge is -2.31. The van der Waals surface area contributed by atoms with E-state index >= 15 is 0 Å². The van der Waals surface area contributed by atoms with Gasteiger partial charge >= 0.3 is 0 Å². The lowest BCUT2D eigenvalue weighted by molar-refractivity contribution is -0.130. The van der Waals surface area contributed by atoms with Gasteiger partial charge in [0.1, 0.15) is 0 Å². The summed E-state index contributed by atoms with van der Waals surface area (Å²) in [5.74, 6) is 0.281. The average molecular weight is 309 g/mol. The first-order chi connectivity index (χ1) is 10.3. The number of carbonyl (C=O) groups is 2. The maximum Gasteiger partial charge on any atom is 0.252 e. The number of nitrogens with one attached hydrogen (secondary N) is 1. The summed E-state index contributed by atoms with van der Waals surface area (Å²) < 4.78 is 0. The number of hydrogen-bond acceptors (Lipinski definition) is 4. The van der Waals surface area contributed by atoms with Gasteiger partial charge in [-0.25, -0.2) is 0 Å². The molecule has 1 atom stereocenters. The number of nitrogens with zero attached hydrogens (tertiary/aromatic N) is 2. The highest BCUT2D eigenvalue weighted by Gasteiger charge is 2.22. The molecule has 0 saturated carbocycles. The molecule has 6 heteroatoms. The summed E-state index contributed by atoms with van der Waals surface area (Å²) in [6.45, 7) is 7.02. The fourth-order valence-corrected chi connectivity index (χ4v) is 2.51. The lowest BCUT2D eigenvalue weighted by atomic mass is 9.96. The molecule has 0 aliphatic carbocycles. The number of likely N-dealkylation sites (tertiary alicyclic amines) is 1. The number of rotatable bonds is 5. The molecule has 0 aromatic heterocycles. The summed E-state index contributed by atoms with van der Waals surface area (Å²) >= 11 is 0. The average Bonchev–Trinajstić information content (AvgIpc) is 2.49. The summed E-state index contributed by atoms with van der Waals surface area (Å²) in [6, 6.07) is 0. The van der Waals surface area contributed by atoms with Gasteiger partial charge in [-0.05, 0) is 38.7 Å². The van der Waals surface area contributed by atoms with Crippen molar-refractivity contribution in [2.24, 2.45) is 10.9 Å². The number of aliphatic imine (C=N–C) groups is 1. The fourth-order valence-electron chi connectivity index (χ4n) is 2.51. The number of carbonyl (C=O) groups excluding carboxylic acids is 2. The zero-order valence-corrected chi connectivity index (χ0v) is 13.9. The Hall–Kier alpha value is -1.69. The summed E-state index contributed by atoms with van der Waals surface area (Å²) in [4.78, 5) is 29.4. The summed E-state index contributed by atoms with van der Waals surface area (Å²) in [5, 5.41) is 12.4. The van der Waals surface area contributed by atoms with E-state index in [1.54, 1.807) is 27.8 Å². The van der Waals surface area contributed by atoms with Crippen LogP contribution in [0.3, 0.4) is 0 Å². The molecule has 0 aromatic rings. The minimum atomic E-state index is -0.698. The Morgan fingerprint density at radius 2 is 1.95 bits per heavy atom. The van der Waals surface area contributed by atoms with E-state index in [9.17, 15) is 14.7 Å². The third-order valence-electron chi connectivity index (χ3n) is 3.99. The van der Waals surface area contributed by atoms with Gasteiger partial charge in [-0.3, -0.25) is 14.6 Å². The molecular weight excluding hydrogens is 282 g/mol. The number of hydrogen-bond donors (Lipinski definition) is 2. The molecule has 2 amide bonds. The number of amides is 2. The first kappa shape index (κ1) is 18.4. The highest BCUT2D eigenvalue weighted by atomic mass is 16.3. The molecule has 0 bridgehead atoms. The van der Waals surface area contributed by atoms with E-state index in [1.165, 1.54) is 6.08 Å². The highest BCUT2D eigenvalue weighted by molar-refractivity contribution is 6.20. The van der Waals surface area contributed by atoms with E-state index in [0.29, 0.717) is 23.7 Å². The Bertz CT molecular complexity index is 461. The molecule has 0 radical (unpaired) electrons. The van der Waals surface area contributed by atoms with E-state index in [2.05, 4.69) is 10.3 Å². The van der Waals surface area contributed by atoms with Gasteiger partial charge in [0.2, 0.25) is 5.91 Å². The molecule has 1 saturated heterocycles. The first-order valence-corrected chi connectivity index (χ1v) is 7.72. The second kappa shape index (κ2) is 8.68. The van der Waals surface area contributed by atoms with Crippen LogP contribution in [0.1, 0.15) is 33.6 Å². The fraction of sp³-hybridized carbons (Fsp3) is 0.688. The van der Waals surface area contributed by atoms with Crippen LogP contribution in [-0.4, -0.2) is 60.3 Å². The molecule has 1 aliphatic rings. The van der Waals surface area contributed by atoms with Gasteiger partial charge in [-0.15, -0.1) is 0 Å². The summed E-state index contributed by atoms with van der Waals surface area (Å²) in [6.07, 6.45) is 2.61. The van der Waals surface area contributed by atoms with Crippen molar-refractivity contribution in [3.8, 4) is 0 Å². The largest absolute Gasteiger partial charge is 0.389 e.